The predicted molar refractivity (Wildman–Crippen MR) is 114 cm³/mol. The molecule has 1 aliphatic rings. The van der Waals surface area contributed by atoms with E-state index in [1.54, 1.807) is 11.3 Å². The lowest BCUT2D eigenvalue weighted by Crippen LogP contribution is -2.37. The van der Waals surface area contributed by atoms with Crippen molar-refractivity contribution >= 4 is 45.3 Å². The summed E-state index contributed by atoms with van der Waals surface area (Å²) in [6.07, 6.45) is 2.57. The Labute approximate surface area is 172 Å². The zero-order valence-electron chi connectivity index (χ0n) is 15.6. The van der Waals surface area contributed by atoms with Crippen LogP contribution in [-0.4, -0.2) is 23.3 Å². The molecule has 0 spiro atoms. The van der Waals surface area contributed by atoms with Gasteiger partial charge in [-0.15, -0.1) is 22.7 Å². The lowest BCUT2D eigenvalue weighted by atomic mass is 9.98. The summed E-state index contributed by atoms with van der Waals surface area (Å²) in [5, 5.41) is 7.17. The minimum atomic E-state index is -0.0877. The summed E-state index contributed by atoms with van der Waals surface area (Å²) in [4.78, 5) is 32.4. The topological polar surface area (TPSA) is 62.3 Å². The molecule has 3 aromatic rings. The van der Waals surface area contributed by atoms with Crippen LogP contribution < -0.4 is 10.2 Å². The van der Waals surface area contributed by atoms with Crippen molar-refractivity contribution in [2.75, 3.05) is 16.8 Å². The number of thiazole rings is 1. The third kappa shape index (κ3) is 4.15. The average Bonchev–Trinajstić information content (AvgIpc) is 3.33. The van der Waals surface area contributed by atoms with Crippen molar-refractivity contribution < 1.29 is 9.59 Å². The van der Waals surface area contributed by atoms with Gasteiger partial charge in [0.1, 0.15) is 0 Å². The number of aromatic nitrogens is 1. The van der Waals surface area contributed by atoms with Crippen LogP contribution in [0.3, 0.4) is 0 Å². The highest BCUT2D eigenvalue weighted by atomic mass is 32.1. The number of hydrogen-bond acceptors (Lipinski definition) is 5. The van der Waals surface area contributed by atoms with Gasteiger partial charge >= 0.3 is 0 Å². The standard InChI is InChI=1S/C21H21N3O2S2/c1-14-5-2-6-15-7-3-9-24(20(14)15)19(26)11-16-13-28-21(22-16)23-18(25)12-17-8-4-10-27-17/h2,4-6,8,10,13H,3,7,9,11-12H2,1H3,(H,22,23,25). The molecule has 1 N–H and O–H groups in total. The number of nitrogens with zero attached hydrogens (tertiary/aromatic N) is 2. The fraction of sp³-hybridized carbons (Fsp3) is 0.286. The number of anilines is 2. The Kier molecular flexibility index (Phi) is 5.54. The molecule has 144 valence electrons. The van der Waals surface area contributed by atoms with E-state index in [9.17, 15) is 9.59 Å². The molecule has 0 unspecified atom stereocenters. The first kappa shape index (κ1) is 18.8. The van der Waals surface area contributed by atoms with E-state index >= 15 is 0 Å². The molecule has 0 saturated carbocycles. The summed E-state index contributed by atoms with van der Waals surface area (Å²) >= 11 is 2.92. The van der Waals surface area contributed by atoms with Gasteiger partial charge in [0.25, 0.3) is 0 Å². The summed E-state index contributed by atoms with van der Waals surface area (Å²) in [5.41, 5.74) is 4.12. The third-order valence-electron chi connectivity index (χ3n) is 4.77. The highest BCUT2D eigenvalue weighted by Crippen LogP contribution is 2.31. The molecule has 0 saturated heterocycles. The normalized spacial score (nSPS) is 13.2. The van der Waals surface area contributed by atoms with Gasteiger partial charge in [-0.1, -0.05) is 24.3 Å². The second kappa shape index (κ2) is 8.24. The Balaban J connectivity index is 1.41. The predicted octanol–water partition coefficient (Wildman–Crippen LogP) is 4.22. The van der Waals surface area contributed by atoms with Gasteiger partial charge in [0.05, 0.1) is 18.5 Å². The minimum Gasteiger partial charge on any atom is -0.312 e. The Bertz CT molecular complexity index is 995. The van der Waals surface area contributed by atoms with Gasteiger partial charge in [-0.05, 0) is 42.3 Å². The molecule has 2 aromatic heterocycles. The number of nitrogens with one attached hydrogen (secondary N) is 1. The summed E-state index contributed by atoms with van der Waals surface area (Å²) in [5.74, 6) is -0.0349. The first-order valence-corrected chi connectivity index (χ1v) is 11.0. The number of carbonyl (C=O) groups excluding carboxylic acids is 2. The van der Waals surface area contributed by atoms with Crippen molar-refractivity contribution in [1.29, 1.82) is 0 Å². The Morgan fingerprint density at radius 3 is 2.89 bits per heavy atom. The largest absolute Gasteiger partial charge is 0.312 e. The van der Waals surface area contributed by atoms with Gasteiger partial charge in [0.15, 0.2) is 5.13 Å². The van der Waals surface area contributed by atoms with Crippen LogP contribution in [0, 0.1) is 6.92 Å². The lowest BCUT2D eigenvalue weighted by Gasteiger charge is -2.31. The SMILES string of the molecule is Cc1cccc2c1N(C(=O)Cc1csc(NC(=O)Cc3cccs3)n1)CCC2. The lowest BCUT2D eigenvalue weighted by molar-refractivity contribution is -0.118. The Hall–Kier alpha value is -2.51. The van der Waals surface area contributed by atoms with E-state index in [4.69, 9.17) is 0 Å². The van der Waals surface area contributed by atoms with Gasteiger partial charge < -0.3 is 10.2 Å². The smallest absolute Gasteiger partial charge is 0.233 e. The van der Waals surface area contributed by atoms with Crippen LogP contribution >= 0.6 is 22.7 Å². The van der Waals surface area contributed by atoms with E-state index in [-0.39, 0.29) is 18.2 Å². The molecule has 1 aliphatic heterocycles. The Morgan fingerprint density at radius 1 is 1.18 bits per heavy atom. The maximum absolute atomic E-state index is 12.9. The molecular weight excluding hydrogens is 390 g/mol. The highest BCUT2D eigenvalue weighted by molar-refractivity contribution is 7.14. The zero-order valence-corrected chi connectivity index (χ0v) is 17.2. The van der Waals surface area contributed by atoms with Gasteiger partial charge in [-0.25, -0.2) is 4.98 Å². The van der Waals surface area contributed by atoms with Crippen molar-refractivity contribution in [3.63, 3.8) is 0 Å². The molecule has 28 heavy (non-hydrogen) atoms. The molecule has 5 nitrogen and oxygen atoms in total. The number of amides is 2. The molecular formula is C21H21N3O2S2. The second-order valence-corrected chi connectivity index (χ2v) is 8.75. The first-order valence-electron chi connectivity index (χ1n) is 9.25. The van der Waals surface area contributed by atoms with Crippen molar-refractivity contribution in [3.8, 4) is 0 Å². The number of thiophene rings is 1. The van der Waals surface area contributed by atoms with Gasteiger partial charge in [0.2, 0.25) is 11.8 Å². The third-order valence-corrected chi connectivity index (χ3v) is 6.45. The van der Waals surface area contributed by atoms with Crippen LogP contribution in [0.25, 0.3) is 0 Å². The second-order valence-electron chi connectivity index (χ2n) is 6.86. The molecule has 0 radical (unpaired) electrons. The summed E-state index contributed by atoms with van der Waals surface area (Å²) in [6.45, 7) is 2.79. The molecule has 0 atom stereocenters. The summed E-state index contributed by atoms with van der Waals surface area (Å²) in [7, 11) is 0. The maximum atomic E-state index is 12.9. The van der Waals surface area contributed by atoms with Crippen LogP contribution in [0.2, 0.25) is 0 Å². The fourth-order valence-electron chi connectivity index (χ4n) is 3.53. The Morgan fingerprint density at radius 2 is 2.07 bits per heavy atom. The van der Waals surface area contributed by atoms with E-state index in [0.717, 1.165) is 35.5 Å². The number of benzene rings is 1. The molecule has 1 aromatic carbocycles. The molecule has 0 aliphatic carbocycles. The van der Waals surface area contributed by atoms with Gasteiger partial charge in [-0.2, -0.15) is 0 Å². The molecule has 0 bridgehead atoms. The van der Waals surface area contributed by atoms with Gasteiger partial charge in [-0.3, -0.25) is 9.59 Å². The quantitative estimate of drug-likeness (QED) is 0.684. The monoisotopic (exact) mass is 411 g/mol. The van der Waals surface area contributed by atoms with Gasteiger partial charge in [0, 0.05) is 22.5 Å². The van der Waals surface area contributed by atoms with E-state index in [0.29, 0.717) is 17.2 Å². The maximum Gasteiger partial charge on any atom is 0.233 e. The average molecular weight is 412 g/mol. The first-order chi connectivity index (χ1) is 13.6. The number of fused-ring (bicyclic) bond motifs is 1. The van der Waals surface area contributed by atoms with Crippen molar-refractivity contribution in [2.24, 2.45) is 0 Å². The summed E-state index contributed by atoms with van der Waals surface area (Å²) < 4.78 is 0. The van der Waals surface area contributed by atoms with Crippen molar-refractivity contribution in [2.45, 2.75) is 32.6 Å². The summed E-state index contributed by atoms with van der Waals surface area (Å²) in [6, 6.07) is 10.1. The van der Waals surface area contributed by atoms with E-state index < -0.39 is 0 Å². The van der Waals surface area contributed by atoms with Crippen LogP contribution in [0.15, 0.2) is 41.1 Å². The minimum absolute atomic E-state index is 0.0528. The molecule has 3 heterocycles. The molecule has 0 fully saturated rings. The van der Waals surface area contributed by atoms with E-state index in [2.05, 4.69) is 29.4 Å². The molecule has 2 amide bonds. The van der Waals surface area contributed by atoms with Crippen LogP contribution in [-0.2, 0) is 28.9 Å². The van der Waals surface area contributed by atoms with Crippen molar-refractivity contribution in [3.05, 3.63) is 62.8 Å². The van der Waals surface area contributed by atoms with Crippen molar-refractivity contribution in [1.82, 2.24) is 4.98 Å². The van der Waals surface area contributed by atoms with E-state index in [1.165, 1.54) is 16.9 Å². The molecule has 7 heteroatoms. The zero-order chi connectivity index (χ0) is 19.5. The number of rotatable bonds is 5. The number of para-hydroxylation sites is 1. The van der Waals surface area contributed by atoms with Crippen LogP contribution in [0.5, 0.6) is 0 Å². The number of aryl methyl sites for hydroxylation is 2. The number of carbonyl (C=O) groups is 2. The van der Waals surface area contributed by atoms with E-state index in [1.807, 2.05) is 33.9 Å². The van der Waals surface area contributed by atoms with Crippen LogP contribution in [0.4, 0.5) is 10.8 Å². The van der Waals surface area contributed by atoms with Crippen LogP contribution in [0.1, 0.15) is 28.1 Å². The molecule has 4 rings (SSSR count). The number of hydrogen-bond donors (Lipinski definition) is 1. The highest BCUT2D eigenvalue weighted by Gasteiger charge is 2.24. The fourth-order valence-corrected chi connectivity index (χ4v) is 4.96.